The molecule has 19 heavy (non-hydrogen) atoms. The van der Waals surface area contributed by atoms with Gasteiger partial charge in [-0.15, -0.1) is 0 Å². The zero-order valence-corrected chi connectivity index (χ0v) is 12.2. The van der Waals surface area contributed by atoms with Crippen LogP contribution in [0.1, 0.15) is 12.8 Å². The summed E-state index contributed by atoms with van der Waals surface area (Å²) in [6, 6.07) is 7.05. The number of benzene rings is 1. The third kappa shape index (κ3) is 2.40. The highest BCUT2D eigenvalue weighted by Gasteiger charge is 2.36. The maximum atomic E-state index is 12.6. The van der Waals surface area contributed by atoms with Gasteiger partial charge in [-0.2, -0.15) is 4.31 Å². The predicted molar refractivity (Wildman–Crippen MR) is 74.8 cm³/mol. The molecule has 6 heteroatoms. The van der Waals surface area contributed by atoms with Crippen LogP contribution >= 0.6 is 11.6 Å². The smallest absolute Gasteiger partial charge is 0.244 e. The molecule has 0 amide bonds. The summed E-state index contributed by atoms with van der Waals surface area (Å²) in [6.07, 6.45) is 2.26. The molecule has 2 heterocycles. The molecule has 0 bridgehead atoms. The van der Waals surface area contributed by atoms with Gasteiger partial charge in [-0.05, 0) is 31.5 Å². The van der Waals surface area contributed by atoms with Gasteiger partial charge in [0.15, 0.2) is 0 Å². The van der Waals surface area contributed by atoms with Crippen LogP contribution < -0.4 is 0 Å². The minimum absolute atomic E-state index is 0.225. The van der Waals surface area contributed by atoms with Crippen molar-refractivity contribution in [3.63, 3.8) is 0 Å². The molecule has 1 aromatic rings. The number of halogens is 1. The van der Waals surface area contributed by atoms with Crippen molar-refractivity contribution in [1.82, 2.24) is 9.21 Å². The number of hydrogen-bond donors (Lipinski definition) is 0. The largest absolute Gasteiger partial charge is 0.298 e. The van der Waals surface area contributed by atoms with E-state index in [4.69, 9.17) is 11.6 Å². The van der Waals surface area contributed by atoms with Gasteiger partial charge in [-0.3, -0.25) is 4.90 Å². The second kappa shape index (κ2) is 5.05. The minimum atomic E-state index is -3.46. The molecule has 1 atom stereocenters. The van der Waals surface area contributed by atoms with E-state index in [0.29, 0.717) is 24.2 Å². The Hall–Kier alpha value is -0.620. The van der Waals surface area contributed by atoms with Gasteiger partial charge in [0, 0.05) is 25.7 Å². The number of fused-ring (bicyclic) bond motifs is 1. The van der Waals surface area contributed by atoms with Gasteiger partial charge in [-0.25, -0.2) is 8.42 Å². The highest BCUT2D eigenvalue weighted by Crippen LogP contribution is 2.28. The lowest BCUT2D eigenvalue weighted by atomic mass is 10.2. The summed E-state index contributed by atoms with van der Waals surface area (Å²) in [6.45, 7) is 3.08. The molecule has 4 nitrogen and oxygen atoms in total. The van der Waals surface area contributed by atoms with E-state index < -0.39 is 10.0 Å². The van der Waals surface area contributed by atoms with Crippen LogP contribution in [0.3, 0.4) is 0 Å². The first-order valence-electron chi connectivity index (χ1n) is 6.58. The van der Waals surface area contributed by atoms with Crippen LogP contribution in [-0.2, 0) is 10.0 Å². The maximum absolute atomic E-state index is 12.6. The van der Waals surface area contributed by atoms with Crippen LogP contribution in [-0.4, -0.2) is 49.8 Å². The van der Waals surface area contributed by atoms with E-state index in [0.717, 1.165) is 19.5 Å². The SMILES string of the molecule is O=S(=O)(c1ccccc1Cl)N1CCN2CCCC2C1. The first-order chi connectivity index (χ1) is 9.09. The Labute approximate surface area is 119 Å². The Bertz CT molecular complexity index is 576. The molecule has 2 aliphatic heterocycles. The summed E-state index contributed by atoms with van der Waals surface area (Å²) in [5.41, 5.74) is 0. The standard InChI is InChI=1S/C13H17ClN2O2S/c14-12-5-1-2-6-13(12)19(17,18)16-9-8-15-7-3-4-11(15)10-16/h1-2,5-6,11H,3-4,7-10H2. The summed E-state index contributed by atoms with van der Waals surface area (Å²) in [5, 5.41) is 0.302. The molecular formula is C13H17ClN2O2S. The van der Waals surface area contributed by atoms with Crippen LogP contribution in [0.4, 0.5) is 0 Å². The summed E-state index contributed by atoms with van der Waals surface area (Å²) < 4.78 is 26.8. The molecule has 0 aromatic heterocycles. The first kappa shape index (κ1) is 13.4. The van der Waals surface area contributed by atoms with Gasteiger partial charge in [0.1, 0.15) is 4.90 Å². The minimum Gasteiger partial charge on any atom is -0.298 e. The average molecular weight is 301 g/mol. The van der Waals surface area contributed by atoms with Crippen LogP contribution in [0.15, 0.2) is 29.2 Å². The lowest BCUT2D eigenvalue weighted by Gasteiger charge is -2.36. The molecule has 104 valence electrons. The second-order valence-corrected chi connectivity index (χ2v) is 7.44. The van der Waals surface area contributed by atoms with Gasteiger partial charge in [-0.1, -0.05) is 23.7 Å². The van der Waals surface area contributed by atoms with Gasteiger partial charge >= 0.3 is 0 Å². The lowest BCUT2D eigenvalue weighted by Crippen LogP contribution is -2.51. The number of rotatable bonds is 2. The molecule has 0 radical (unpaired) electrons. The summed E-state index contributed by atoms with van der Waals surface area (Å²) >= 11 is 6.02. The Balaban J connectivity index is 1.87. The number of hydrogen-bond acceptors (Lipinski definition) is 3. The fourth-order valence-corrected chi connectivity index (χ4v) is 4.94. The zero-order valence-electron chi connectivity index (χ0n) is 10.6. The Morgan fingerprint density at radius 2 is 1.95 bits per heavy atom. The third-order valence-electron chi connectivity index (χ3n) is 4.00. The normalized spacial score (nSPS) is 25.4. The molecule has 2 aliphatic rings. The maximum Gasteiger partial charge on any atom is 0.244 e. The molecule has 1 aromatic carbocycles. The average Bonchev–Trinajstić information content (AvgIpc) is 2.86. The molecule has 0 N–H and O–H groups in total. The molecule has 3 rings (SSSR count). The molecule has 2 saturated heterocycles. The van der Waals surface area contributed by atoms with Crippen molar-refractivity contribution in [2.24, 2.45) is 0 Å². The van der Waals surface area contributed by atoms with E-state index in [1.807, 2.05) is 0 Å². The van der Waals surface area contributed by atoms with Crippen molar-refractivity contribution in [3.05, 3.63) is 29.3 Å². The summed E-state index contributed by atoms with van der Waals surface area (Å²) in [7, 11) is -3.46. The van der Waals surface area contributed by atoms with Crippen molar-refractivity contribution < 1.29 is 8.42 Å². The highest BCUT2D eigenvalue weighted by molar-refractivity contribution is 7.89. The number of sulfonamides is 1. The first-order valence-corrected chi connectivity index (χ1v) is 8.39. The zero-order chi connectivity index (χ0) is 13.5. The summed E-state index contributed by atoms with van der Waals surface area (Å²) in [4.78, 5) is 2.61. The van der Waals surface area contributed by atoms with E-state index in [2.05, 4.69) is 4.90 Å². The molecule has 1 unspecified atom stereocenters. The Morgan fingerprint density at radius 3 is 2.74 bits per heavy atom. The third-order valence-corrected chi connectivity index (χ3v) is 6.37. The van der Waals surface area contributed by atoms with E-state index in [9.17, 15) is 8.42 Å². The fourth-order valence-electron chi connectivity index (χ4n) is 2.97. The van der Waals surface area contributed by atoms with Crippen molar-refractivity contribution in [1.29, 1.82) is 0 Å². The van der Waals surface area contributed by atoms with E-state index >= 15 is 0 Å². The number of piperazine rings is 1. The van der Waals surface area contributed by atoms with Crippen molar-refractivity contribution in [2.45, 2.75) is 23.8 Å². The van der Waals surface area contributed by atoms with Gasteiger partial charge in [0.25, 0.3) is 0 Å². The fraction of sp³-hybridized carbons (Fsp3) is 0.538. The van der Waals surface area contributed by atoms with Crippen molar-refractivity contribution in [3.8, 4) is 0 Å². The van der Waals surface area contributed by atoms with Gasteiger partial charge in [0.2, 0.25) is 10.0 Å². The molecule has 0 spiro atoms. The summed E-state index contributed by atoms with van der Waals surface area (Å²) in [5.74, 6) is 0. The van der Waals surface area contributed by atoms with Gasteiger partial charge < -0.3 is 0 Å². The monoisotopic (exact) mass is 300 g/mol. The Morgan fingerprint density at radius 1 is 1.16 bits per heavy atom. The quantitative estimate of drug-likeness (QED) is 0.836. The van der Waals surface area contributed by atoms with Crippen LogP contribution in [0.2, 0.25) is 5.02 Å². The van der Waals surface area contributed by atoms with E-state index in [1.54, 1.807) is 28.6 Å². The highest BCUT2D eigenvalue weighted by atomic mass is 35.5. The predicted octanol–water partition coefficient (Wildman–Crippen LogP) is 1.81. The van der Waals surface area contributed by atoms with E-state index in [-0.39, 0.29) is 4.90 Å². The molecular weight excluding hydrogens is 284 g/mol. The van der Waals surface area contributed by atoms with E-state index in [1.165, 1.54) is 6.42 Å². The van der Waals surface area contributed by atoms with Crippen LogP contribution in [0, 0.1) is 0 Å². The second-order valence-electron chi connectivity index (χ2n) is 5.13. The van der Waals surface area contributed by atoms with Gasteiger partial charge in [0.05, 0.1) is 5.02 Å². The molecule has 2 fully saturated rings. The van der Waals surface area contributed by atoms with Crippen molar-refractivity contribution in [2.75, 3.05) is 26.2 Å². The van der Waals surface area contributed by atoms with Crippen LogP contribution in [0.5, 0.6) is 0 Å². The number of nitrogens with zero attached hydrogens (tertiary/aromatic N) is 2. The Kier molecular flexibility index (Phi) is 3.55. The lowest BCUT2D eigenvalue weighted by molar-refractivity contribution is 0.158. The molecule has 0 aliphatic carbocycles. The van der Waals surface area contributed by atoms with Crippen molar-refractivity contribution >= 4 is 21.6 Å². The molecule has 0 saturated carbocycles. The topological polar surface area (TPSA) is 40.6 Å². The van der Waals surface area contributed by atoms with Crippen LogP contribution in [0.25, 0.3) is 0 Å².